The largest absolute Gasteiger partial charge is 0.355 e. The second-order valence-electron chi connectivity index (χ2n) is 14.0. The lowest BCUT2D eigenvalue weighted by molar-refractivity contribution is 0.706. The summed E-state index contributed by atoms with van der Waals surface area (Å²) in [7, 11) is 0. The van der Waals surface area contributed by atoms with E-state index in [-0.39, 0.29) is 5.41 Å². The van der Waals surface area contributed by atoms with Crippen molar-refractivity contribution in [2.45, 2.75) is 53.4 Å². The third kappa shape index (κ3) is 5.18. The average molecular weight is 625 g/mol. The summed E-state index contributed by atoms with van der Waals surface area (Å²) in [6.45, 7) is 13.2. The van der Waals surface area contributed by atoms with Crippen molar-refractivity contribution >= 4 is 34.2 Å². The van der Waals surface area contributed by atoms with Crippen LogP contribution in [-0.4, -0.2) is 19.9 Å². The molecule has 0 unspecified atom stereocenters. The van der Waals surface area contributed by atoms with Crippen molar-refractivity contribution in [2.75, 3.05) is 0 Å². The third-order valence-electron chi connectivity index (χ3n) is 9.77. The number of benzene rings is 3. The number of hydrogen-bond acceptors (Lipinski definition) is 2. The minimum atomic E-state index is -0.255. The fourth-order valence-electron chi connectivity index (χ4n) is 7.51. The van der Waals surface area contributed by atoms with Crippen molar-refractivity contribution < 1.29 is 0 Å². The molecule has 0 saturated heterocycles. The first kappa shape index (κ1) is 29.9. The van der Waals surface area contributed by atoms with Gasteiger partial charge in [-0.3, -0.25) is 9.97 Å². The van der Waals surface area contributed by atoms with Gasteiger partial charge in [0, 0.05) is 50.6 Å². The van der Waals surface area contributed by atoms with Gasteiger partial charge in [0.05, 0.1) is 22.1 Å². The van der Waals surface area contributed by atoms with Gasteiger partial charge in [0.15, 0.2) is 0 Å². The number of H-pyrrole nitrogens is 2. The summed E-state index contributed by atoms with van der Waals surface area (Å²) in [6, 6.07) is 34.9. The Kier molecular flexibility index (Phi) is 7.06. The van der Waals surface area contributed by atoms with Crippen LogP contribution in [0.3, 0.4) is 0 Å². The second-order valence-corrected chi connectivity index (χ2v) is 14.0. The molecule has 3 aromatic carbocycles. The van der Waals surface area contributed by atoms with Crippen molar-refractivity contribution in [3.05, 3.63) is 141 Å². The number of aromatic amines is 2. The van der Waals surface area contributed by atoms with E-state index >= 15 is 0 Å². The molecule has 5 heterocycles. The average Bonchev–Trinajstić information content (AvgIpc) is 3.86. The van der Waals surface area contributed by atoms with Gasteiger partial charge in [-0.25, -0.2) is 0 Å². The van der Waals surface area contributed by atoms with Crippen molar-refractivity contribution in [1.82, 2.24) is 19.9 Å². The predicted molar refractivity (Wildman–Crippen MR) is 201 cm³/mol. The van der Waals surface area contributed by atoms with E-state index in [4.69, 9.17) is 9.97 Å². The first-order valence-electron chi connectivity index (χ1n) is 16.8. The van der Waals surface area contributed by atoms with Gasteiger partial charge in [0.1, 0.15) is 0 Å². The molecule has 4 nitrogen and oxygen atoms in total. The standard InChI is InChI=1S/C44H40N4/c1-26-12-14-31(15-13-26)41-33-17-16-32(45-33)24-39-44(5,6)25-38(48-39)42(30-10-8-7-9-11-30)35-19-21-37(47-35)43(36-20-18-34(41)46-36)40-28(3)22-27(2)23-29(40)4/h7-17,19-25,45,47H,18H2,1-6H3. The molecule has 0 amide bonds. The smallest absolute Gasteiger partial charge is 0.0702 e. The highest BCUT2D eigenvalue weighted by molar-refractivity contribution is 5.90. The van der Waals surface area contributed by atoms with Crippen molar-refractivity contribution in [3.63, 3.8) is 0 Å². The quantitative estimate of drug-likeness (QED) is 0.206. The van der Waals surface area contributed by atoms with Crippen molar-refractivity contribution in [3.8, 4) is 33.4 Å². The summed E-state index contributed by atoms with van der Waals surface area (Å²) in [6.07, 6.45) is 5.35. The van der Waals surface area contributed by atoms with Crippen LogP contribution in [0.25, 0.3) is 67.6 Å². The third-order valence-corrected chi connectivity index (χ3v) is 9.77. The van der Waals surface area contributed by atoms with E-state index < -0.39 is 0 Å². The fourth-order valence-corrected chi connectivity index (χ4v) is 7.51. The molecule has 2 aliphatic rings. The minimum absolute atomic E-state index is 0.255. The van der Waals surface area contributed by atoms with Crippen LogP contribution in [0.4, 0.5) is 0 Å². The zero-order valence-electron chi connectivity index (χ0n) is 28.5. The van der Waals surface area contributed by atoms with Crippen LogP contribution in [0, 0.1) is 27.7 Å². The van der Waals surface area contributed by atoms with Gasteiger partial charge in [0.25, 0.3) is 0 Å². The Hall–Kier alpha value is -5.48. The molecule has 0 saturated carbocycles. The van der Waals surface area contributed by atoms with E-state index in [9.17, 15) is 0 Å². The van der Waals surface area contributed by atoms with Gasteiger partial charge in [-0.05, 0) is 91.9 Å². The first-order valence-corrected chi connectivity index (χ1v) is 16.8. The highest BCUT2D eigenvalue weighted by Gasteiger charge is 2.25. The predicted octanol–water partition coefficient (Wildman–Crippen LogP) is 9.33. The number of nitrogens with one attached hydrogen (secondary N) is 2. The number of hydrogen-bond donors (Lipinski definition) is 2. The van der Waals surface area contributed by atoms with Crippen LogP contribution in [0.5, 0.6) is 0 Å². The van der Waals surface area contributed by atoms with Crippen LogP contribution < -0.4 is 10.7 Å². The Labute approximate surface area is 281 Å². The molecule has 4 heteroatoms. The minimum Gasteiger partial charge on any atom is -0.355 e. The summed E-state index contributed by atoms with van der Waals surface area (Å²) in [4.78, 5) is 18.5. The molecule has 8 rings (SSSR count). The lowest BCUT2D eigenvalue weighted by Gasteiger charge is -2.13. The molecule has 236 valence electrons. The SMILES string of the molecule is Cc1ccc(-c2c3nc(c(-c4c(C)cc(C)cc4C)c4ccc([nH]4)c(-c4ccccc4)c4nc(cc5ccc2[nH]5)C(C)(C)C=4)=CC3)cc1. The number of rotatable bonds is 3. The molecule has 6 aromatic rings. The van der Waals surface area contributed by atoms with Gasteiger partial charge < -0.3 is 9.97 Å². The first-order chi connectivity index (χ1) is 23.1. The van der Waals surface area contributed by atoms with Crippen molar-refractivity contribution in [2.24, 2.45) is 0 Å². The Balaban J connectivity index is 1.59. The van der Waals surface area contributed by atoms with E-state index in [1.54, 1.807) is 0 Å². The van der Waals surface area contributed by atoms with E-state index in [2.05, 4.69) is 161 Å². The molecule has 8 bridgehead atoms. The highest BCUT2D eigenvalue weighted by Crippen LogP contribution is 2.33. The number of aromatic nitrogens is 4. The van der Waals surface area contributed by atoms with Gasteiger partial charge in [-0.15, -0.1) is 0 Å². The zero-order valence-corrected chi connectivity index (χ0v) is 28.5. The zero-order chi connectivity index (χ0) is 33.2. The van der Waals surface area contributed by atoms with Crippen LogP contribution in [0.2, 0.25) is 0 Å². The Morgan fingerprint density at radius 2 is 1.21 bits per heavy atom. The van der Waals surface area contributed by atoms with Crippen LogP contribution >= 0.6 is 0 Å². The van der Waals surface area contributed by atoms with E-state index in [0.717, 1.165) is 78.4 Å². The number of nitrogens with zero attached hydrogens (tertiary/aromatic N) is 2. The maximum absolute atomic E-state index is 5.48. The molecule has 0 atom stereocenters. The molecular weight excluding hydrogens is 585 g/mol. The van der Waals surface area contributed by atoms with E-state index in [1.807, 2.05) is 0 Å². The molecular formula is C44H40N4. The number of fused-ring (bicyclic) bond motifs is 8. The van der Waals surface area contributed by atoms with Gasteiger partial charge in [0.2, 0.25) is 0 Å². The second kappa shape index (κ2) is 11.3. The van der Waals surface area contributed by atoms with E-state index in [0.29, 0.717) is 0 Å². The molecule has 48 heavy (non-hydrogen) atoms. The summed E-state index contributed by atoms with van der Waals surface area (Å²) < 4.78 is 0. The molecule has 3 aromatic heterocycles. The molecule has 2 N–H and O–H groups in total. The maximum Gasteiger partial charge on any atom is 0.0702 e. The summed E-state index contributed by atoms with van der Waals surface area (Å²) in [5, 5.41) is 1.97. The van der Waals surface area contributed by atoms with E-state index in [1.165, 1.54) is 27.8 Å². The molecule has 0 fully saturated rings. The van der Waals surface area contributed by atoms with Crippen LogP contribution in [-0.2, 0) is 11.8 Å². The lowest BCUT2D eigenvalue weighted by Crippen LogP contribution is -2.10. The molecule has 0 radical (unpaired) electrons. The molecule has 2 aliphatic heterocycles. The highest BCUT2D eigenvalue weighted by atomic mass is 14.8. The van der Waals surface area contributed by atoms with Crippen LogP contribution in [0.15, 0.2) is 97.1 Å². The monoisotopic (exact) mass is 624 g/mol. The summed E-state index contributed by atoms with van der Waals surface area (Å²) in [5.74, 6) is 0. The maximum atomic E-state index is 5.48. The number of aryl methyl sites for hydroxylation is 4. The topological polar surface area (TPSA) is 57.4 Å². The fraction of sp³-hybridized carbons (Fsp3) is 0.182. The van der Waals surface area contributed by atoms with Crippen molar-refractivity contribution in [1.29, 1.82) is 0 Å². The van der Waals surface area contributed by atoms with Crippen LogP contribution in [0.1, 0.15) is 47.5 Å². The Morgan fingerprint density at radius 3 is 1.94 bits per heavy atom. The summed E-state index contributed by atoms with van der Waals surface area (Å²) in [5.41, 5.74) is 17.8. The summed E-state index contributed by atoms with van der Waals surface area (Å²) >= 11 is 0. The van der Waals surface area contributed by atoms with Gasteiger partial charge >= 0.3 is 0 Å². The van der Waals surface area contributed by atoms with Gasteiger partial charge in [-0.2, -0.15) is 0 Å². The molecule has 0 aliphatic carbocycles. The Bertz CT molecular complexity index is 2510. The Morgan fingerprint density at radius 1 is 0.562 bits per heavy atom. The normalized spacial score (nSPS) is 13.6. The lowest BCUT2D eigenvalue weighted by atomic mass is 9.90. The van der Waals surface area contributed by atoms with Gasteiger partial charge in [-0.1, -0.05) is 97.8 Å². The molecule has 0 spiro atoms.